The molecule has 0 saturated heterocycles. The Morgan fingerprint density at radius 3 is 2.76 bits per heavy atom. The molecule has 0 aliphatic heterocycles. The van der Waals surface area contributed by atoms with Gasteiger partial charge in [-0.05, 0) is 24.3 Å². The van der Waals surface area contributed by atoms with E-state index in [1.807, 2.05) is 0 Å². The van der Waals surface area contributed by atoms with Crippen LogP contribution in [0.25, 0.3) is 0 Å². The molecule has 94 valence electrons. The molecule has 1 aromatic rings. The lowest BCUT2D eigenvalue weighted by Crippen LogP contribution is -2.49. The van der Waals surface area contributed by atoms with Crippen LogP contribution in [0.2, 0.25) is 0 Å². The fraction of sp³-hybridized carbons (Fsp3) is 0.600. The zero-order chi connectivity index (χ0) is 12.1. The molecule has 1 aliphatic carbocycles. The number of benzene rings is 1. The molecule has 1 aliphatic rings. The van der Waals surface area contributed by atoms with Gasteiger partial charge in [-0.1, -0.05) is 50.1 Å². The van der Waals surface area contributed by atoms with Crippen LogP contribution >= 0.6 is 11.6 Å². The van der Waals surface area contributed by atoms with E-state index < -0.39 is 0 Å². The zero-order valence-electron chi connectivity index (χ0n) is 10.6. The quantitative estimate of drug-likeness (QED) is 0.799. The van der Waals surface area contributed by atoms with Crippen molar-refractivity contribution in [1.82, 2.24) is 5.32 Å². The predicted octanol–water partition coefficient (Wildman–Crippen LogP) is 3.96. The molecule has 2 rings (SSSR count). The largest absolute Gasteiger partial charge is 0.306 e. The van der Waals surface area contributed by atoms with E-state index in [-0.39, 0.29) is 5.54 Å². The second kappa shape index (κ2) is 5.88. The molecule has 17 heavy (non-hydrogen) atoms. The molecule has 2 unspecified atom stereocenters. The molecule has 1 nitrogen and oxygen atoms in total. The van der Waals surface area contributed by atoms with Gasteiger partial charge in [0, 0.05) is 18.0 Å². The summed E-state index contributed by atoms with van der Waals surface area (Å²) in [5.74, 6) is 1.52. The van der Waals surface area contributed by atoms with Gasteiger partial charge in [0.05, 0.1) is 0 Å². The average Bonchev–Trinajstić information content (AvgIpc) is 2.38. The second-order valence-electron chi connectivity index (χ2n) is 5.45. The fourth-order valence-electron chi connectivity index (χ4n) is 2.87. The molecule has 2 atom stereocenters. The summed E-state index contributed by atoms with van der Waals surface area (Å²) < 4.78 is 0. The molecular weight excluding hydrogens is 230 g/mol. The van der Waals surface area contributed by atoms with Crippen LogP contribution in [0.3, 0.4) is 0 Å². The van der Waals surface area contributed by atoms with Crippen molar-refractivity contribution in [2.24, 2.45) is 5.92 Å². The highest BCUT2D eigenvalue weighted by Gasteiger charge is 2.33. The van der Waals surface area contributed by atoms with E-state index in [1.54, 1.807) is 0 Å². The van der Waals surface area contributed by atoms with Crippen LogP contribution in [0.1, 0.15) is 38.2 Å². The molecule has 1 aromatic carbocycles. The van der Waals surface area contributed by atoms with E-state index in [0.717, 1.165) is 18.3 Å². The van der Waals surface area contributed by atoms with Crippen LogP contribution in [0.15, 0.2) is 30.3 Å². The van der Waals surface area contributed by atoms with Crippen LogP contribution in [-0.4, -0.2) is 11.4 Å². The molecule has 0 amide bonds. The summed E-state index contributed by atoms with van der Waals surface area (Å²) in [6.07, 6.45) is 5.08. The van der Waals surface area contributed by atoms with Gasteiger partial charge >= 0.3 is 0 Å². The van der Waals surface area contributed by atoms with Crippen LogP contribution in [0.4, 0.5) is 0 Å². The minimum atomic E-state index is 0.162. The van der Waals surface area contributed by atoms with Crippen LogP contribution in [-0.2, 0) is 6.54 Å². The Morgan fingerprint density at radius 2 is 2.12 bits per heavy atom. The summed E-state index contributed by atoms with van der Waals surface area (Å²) in [6.45, 7) is 3.27. The van der Waals surface area contributed by atoms with Gasteiger partial charge in [-0.25, -0.2) is 0 Å². The first kappa shape index (κ1) is 12.9. The molecule has 0 radical (unpaired) electrons. The standard InChI is InChI=1S/C15H22ClN/c1-13-6-5-9-15(10-13,12-16)17-11-14-7-3-2-4-8-14/h2-4,7-8,13,17H,5-6,9-12H2,1H3. The second-order valence-corrected chi connectivity index (χ2v) is 5.72. The molecule has 1 saturated carbocycles. The summed E-state index contributed by atoms with van der Waals surface area (Å²) in [5.41, 5.74) is 1.50. The highest BCUT2D eigenvalue weighted by atomic mass is 35.5. The molecular formula is C15H22ClN. The Morgan fingerprint density at radius 1 is 1.35 bits per heavy atom. The van der Waals surface area contributed by atoms with E-state index in [1.165, 1.54) is 31.2 Å². The molecule has 0 heterocycles. The van der Waals surface area contributed by atoms with Gasteiger partial charge in [-0.2, -0.15) is 0 Å². The summed E-state index contributed by atoms with van der Waals surface area (Å²) >= 11 is 6.21. The average molecular weight is 252 g/mol. The van der Waals surface area contributed by atoms with Crippen molar-refractivity contribution in [3.8, 4) is 0 Å². The van der Waals surface area contributed by atoms with Gasteiger partial charge in [0.25, 0.3) is 0 Å². The lowest BCUT2D eigenvalue weighted by molar-refractivity contribution is 0.207. The van der Waals surface area contributed by atoms with E-state index in [0.29, 0.717) is 0 Å². The molecule has 0 bridgehead atoms. The van der Waals surface area contributed by atoms with Crippen LogP contribution in [0, 0.1) is 5.92 Å². The van der Waals surface area contributed by atoms with E-state index >= 15 is 0 Å². The van der Waals surface area contributed by atoms with E-state index in [9.17, 15) is 0 Å². The third kappa shape index (κ3) is 3.46. The lowest BCUT2D eigenvalue weighted by atomic mass is 9.77. The van der Waals surface area contributed by atoms with Crippen molar-refractivity contribution in [2.45, 2.75) is 44.7 Å². The fourth-order valence-corrected chi connectivity index (χ4v) is 3.21. The first-order chi connectivity index (χ1) is 8.24. The van der Waals surface area contributed by atoms with Gasteiger partial charge in [-0.15, -0.1) is 11.6 Å². The van der Waals surface area contributed by atoms with Gasteiger partial charge < -0.3 is 5.32 Å². The van der Waals surface area contributed by atoms with Gasteiger partial charge in [-0.3, -0.25) is 0 Å². The first-order valence-electron chi connectivity index (χ1n) is 6.59. The molecule has 2 heteroatoms. The Labute approximate surface area is 110 Å². The number of nitrogens with one attached hydrogen (secondary N) is 1. The summed E-state index contributed by atoms with van der Waals surface area (Å²) in [6, 6.07) is 10.6. The Bertz CT molecular complexity index is 338. The number of halogens is 1. The monoisotopic (exact) mass is 251 g/mol. The van der Waals surface area contributed by atoms with Gasteiger partial charge in [0.2, 0.25) is 0 Å². The van der Waals surface area contributed by atoms with Gasteiger partial charge in [0.1, 0.15) is 0 Å². The maximum absolute atomic E-state index is 6.21. The summed E-state index contributed by atoms with van der Waals surface area (Å²) in [7, 11) is 0. The van der Waals surface area contributed by atoms with Crippen molar-refractivity contribution >= 4 is 11.6 Å². The number of hydrogen-bond donors (Lipinski definition) is 1. The van der Waals surface area contributed by atoms with Crippen molar-refractivity contribution in [2.75, 3.05) is 5.88 Å². The highest BCUT2D eigenvalue weighted by Crippen LogP contribution is 2.33. The maximum atomic E-state index is 6.21. The zero-order valence-corrected chi connectivity index (χ0v) is 11.3. The highest BCUT2D eigenvalue weighted by molar-refractivity contribution is 6.18. The van der Waals surface area contributed by atoms with Crippen molar-refractivity contribution in [3.63, 3.8) is 0 Å². The number of rotatable bonds is 4. The number of hydrogen-bond acceptors (Lipinski definition) is 1. The van der Waals surface area contributed by atoms with Gasteiger partial charge in [0.15, 0.2) is 0 Å². The predicted molar refractivity (Wildman–Crippen MR) is 74.4 cm³/mol. The summed E-state index contributed by atoms with van der Waals surface area (Å²) in [5, 5.41) is 3.70. The lowest BCUT2D eigenvalue weighted by Gasteiger charge is -2.39. The normalized spacial score (nSPS) is 29.2. The molecule has 1 fully saturated rings. The third-order valence-corrected chi connectivity index (χ3v) is 4.37. The minimum absolute atomic E-state index is 0.162. The first-order valence-corrected chi connectivity index (χ1v) is 7.12. The topological polar surface area (TPSA) is 12.0 Å². The Balaban J connectivity index is 1.95. The number of alkyl halides is 1. The smallest absolute Gasteiger partial charge is 0.0406 e. The Hall–Kier alpha value is -0.530. The SMILES string of the molecule is CC1CCCC(CCl)(NCc2ccccc2)C1. The van der Waals surface area contributed by atoms with Crippen molar-refractivity contribution in [1.29, 1.82) is 0 Å². The summed E-state index contributed by atoms with van der Waals surface area (Å²) in [4.78, 5) is 0. The molecule has 1 N–H and O–H groups in total. The van der Waals surface area contributed by atoms with Crippen molar-refractivity contribution in [3.05, 3.63) is 35.9 Å². The molecule has 0 aromatic heterocycles. The van der Waals surface area contributed by atoms with Crippen LogP contribution < -0.4 is 5.32 Å². The van der Waals surface area contributed by atoms with E-state index in [2.05, 4.69) is 42.6 Å². The maximum Gasteiger partial charge on any atom is 0.0406 e. The third-order valence-electron chi connectivity index (χ3n) is 3.86. The van der Waals surface area contributed by atoms with Crippen LogP contribution in [0.5, 0.6) is 0 Å². The molecule has 0 spiro atoms. The van der Waals surface area contributed by atoms with Crippen molar-refractivity contribution < 1.29 is 0 Å². The van der Waals surface area contributed by atoms with E-state index in [4.69, 9.17) is 11.6 Å². The minimum Gasteiger partial charge on any atom is -0.306 e. The Kier molecular flexibility index (Phi) is 4.47.